The van der Waals surface area contributed by atoms with E-state index < -0.39 is 0 Å². The van der Waals surface area contributed by atoms with Crippen LogP contribution in [0.4, 0.5) is 14.9 Å². The first-order chi connectivity index (χ1) is 13.2. The van der Waals surface area contributed by atoms with Crippen LogP contribution in [0.5, 0.6) is 0 Å². The molecule has 0 radical (unpaired) electrons. The maximum Gasteiger partial charge on any atom is 0.329 e. The highest BCUT2D eigenvalue weighted by Crippen LogP contribution is 2.35. The first-order valence-corrected chi connectivity index (χ1v) is 9.11. The highest BCUT2D eigenvalue weighted by molar-refractivity contribution is 5.79. The average Bonchev–Trinajstić information content (AvgIpc) is 3.43. The zero-order chi connectivity index (χ0) is 18.4. The molecule has 27 heavy (non-hydrogen) atoms. The number of fused-ring (bicyclic) bond motifs is 2. The van der Waals surface area contributed by atoms with Crippen molar-refractivity contribution >= 4 is 11.7 Å². The Morgan fingerprint density at radius 2 is 1.89 bits per heavy atom. The monoisotopic (exact) mass is 362 g/mol. The molecule has 2 saturated heterocycles. The van der Waals surface area contributed by atoms with Gasteiger partial charge in [-0.2, -0.15) is 0 Å². The van der Waals surface area contributed by atoms with Crippen LogP contribution in [0.3, 0.4) is 0 Å². The number of amides is 1. The molecule has 0 spiro atoms. The van der Waals surface area contributed by atoms with Gasteiger partial charge in [0.05, 0.1) is 11.7 Å². The van der Waals surface area contributed by atoms with E-state index >= 15 is 0 Å². The number of anilines is 1. The fourth-order valence-electron chi connectivity index (χ4n) is 4.21. The van der Waals surface area contributed by atoms with E-state index in [0.29, 0.717) is 6.54 Å². The number of nitrogens with zero attached hydrogens (tertiary/aromatic N) is 4. The van der Waals surface area contributed by atoms with E-state index in [2.05, 4.69) is 9.88 Å². The van der Waals surface area contributed by atoms with Gasteiger partial charge in [0, 0.05) is 36.6 Å². The smallest absolute Gasteiger partial charge is 0.329 e. The number of aromatic nitrogens is 2. The highest BCUT2D eigenvalue weighted by atomic mass is 19.1. The van der Waals surface area contributed by atoms with Crippen molar-refractivity contribution < 1.29 is 9.18 Å². The maximum atomic E-state index is 13.5. The van der Waals surface area contributed by atoms with Gasteiger partial charge in [0.1, 0.15) is 12.1 Å². The van der Waals surface area contributed by atoms with Crippen molar-refractivity contribution in [3.05, 3.63) is 72.9 Å². The minimum atomic E-state index is -0.227. The summed E-state index contributed by atoms with van der Waals surface area (Å²) in [4.78, 5) is 21.4. The van der Waals surface area contributed by atoms with Crippen molar-refractivity contribution in [2.75, 3.05) is 18.0 Å². The van der Waals surface area contributed by atoms with Crippen molar-refractivity contribution in [1.82, 2.24) is 14.5 Å². The molecule has 2 bridgehead atoms. The van der Waals surface area contributed by atoms with Gasteiger partial charge in [0.25, 0.3) is 0 Å². The van der Waals surface area contributed by atoms with Crippen LogP contribution in [0, 0.1) is 5.82 Å². The molecular formula is C21H19FN4O. The molecule has 6 heteroatoms. The Morgan fingerprint density at radius 3 is 2.63 bits per heavy atom. The van der Waals surface area contributed by atoms with Crippen molar-refractivity contribution in [3.63, 3.8) is 0 Å². The SMILES string of the molecule is O=C(N1C[C@@H]2C[C@H]1CN2c1cccc(F)c1)n1cnc(-c2ccccc2)c1. The number of likely N-dealkylation sites (tertiary alicyclic amines) is 1. The van der Waals surface area contributed by atoms with Crippen LogP contribution < -0.4 is 4.90 Å². The molecule has 1 aromatic heterocycles. The molecular weight excluding hydrogens is 343 g/mol. The standard InChI is InChI=1S/C21H19FN4O/c22-16-7-4-8-17(9-16)25-11-19-10-18(25)12-26(19)21(27)24-13-20(23-14-24)15-5-2-1-3-6-15/h1-9,13-14,18-19H,10-12H2/t18-,19-/m0/s1. The normalized spacial score (nSPS) is 21.1. The van der Waals surface area contributed by atoms with Crippen molar-refractivity contribution in [1.29, 1.82) is 0 Å². The second-order valence-corrected chi connectivity index (χ2v) is 7.14. The Hall–Kier alpha value is -3.15. The first kappa shape index (κ1) is 16.1. The molecule has 2 aliphatic rings. The Balaban J connectivity index is 1.32. The predicted molar refractivity (Wildman–Crippen MR) is 101 cm³/mol. The molecule has 0 saturated carbocycles. The number of halogens is 1. The van der Waals surface area contributed by atoms with Crippen LogP contribution >= 0.6 is 0 Å². The molecule has 5 nitrogen and oxygen atoms in total. The minimum absolute atomic E-state index is 0.0453. The zero-order valence-electron chi connectivity index (χ0n) is 14.7. The molecule has 1 amide bonds. The summed E-state index contributed by atoms with van der Waals surface area (Å²) >= 11 is 0. The van der Waals surface area contributed by atoms with Gasteiger partial charge in [-0.15, -0.1) is 0 Å². The molecule has 136 valence electrons. The predicted octanol–water partition coefficient (Wildman–Crippen LogP) is 3.62. The van der Waals surface area contributed by atoms with Gasteiger partial charge in [0.15, 0.2) is 0 Å². The number of hydrogen-bond donors (Lipinski definition) is 0. The molecule has 2 atom stereocenters. The second-order valence-electron chi connectivity index (χ2n) is 7.14. The van der Waals surface area contributed by atoms with Gasteiger partial charge >= 0.3 is 6.03 Å². The van der Waals surface area contributed by atoms with E-state index in [-0.39, 0.29) is 23.9 Å². The third kappa shape index (κ3) is 2.77. The van der Waals surface area contributed by atoms with E-state index in [1.807, 2.05) is 41.3 Å². The van der Waals surface area contributed by atoms with Crippen molar-refractivity contribution in [3.8, 4) is 11.3 Å². The summed E-state index contributed by atoms with van der Waals surface area (Å²) in [5.41, 5.74) is 2.67. The molecule has 3 aromatic rings. The quantitative estimate of drug-likeness (QED) is 0.699. The third-order valence-electron chi connectivity index (χ3n) is 5.50. The maximum absolute atomic E-state index is 13.5. The Bertz CT molecular complexity index is 987. The number of piperazine rings is 1. The summed E-state index contributed by atoms with van der Waals surface area (Å²) in [6, 6.07) is 16.8. The lowest BCUT2D eigenvalue weighted by atomic mass is 10.2. The summed E-state index contributed by atoms with van der Waals surface area (Å²) in [7, 11) is 0. The lowest BCUT2D eigenvalue weighted by Crippen LogP contribution is -2.49. The molecule has 3 heterocycles. The van der Waals surface area contributed by atoms with E-state index in [9.17, 15) is 9.18 Å². The van der Waals surface area contributed by atoms with Gasteiger partial charge in [-0.1, -0.05) is 36.4 Å². The number of imidazole rings is 1. The number of carbonyl (C=O) groups excluding carboxylic acids is 1. The Kier molecular flexibility index (Phi) is 3.70. The van der Waals surface area contributed by atoms with Crippen LogP contribution in [0.2, 0.25) is 0 Å². The first-order valence-electron chi connectivity index (χ1n) is 9.11. The minimum Gasteiger partial charge on any atom is -0.365 e. The van der Waals surface area contributed by atoms with Crippen LogP contribution in [0.15, 0.2) is 67.1 Å². The Labute approximate surface area is 156 Å². The van der Waals surface area contributed by atoms with E-state index in [0.717, 1.165) is 29.9 Å². The third-order valence-corrected chi connectivity index (χ3v) is 5.50. The summed E-state index contributed by atoms with van der Waals surface area (Å²) in [6.07, 6.45) is 4.29. The second kappa shape index (κ2) is 6.23. The molecule has 0 unspecified atom stereocenters. The topological polar surface area (TPSA) is 41.4 Å². The fraction of sp³-hybridized carbons (Fsp3) is 0.238. The van der Waals surface area contributed by atoms with Gasteiger partial charge in [-0.3, -0.25) is 4.57 Å². The number of hydrogen-bond acceptors (Lipinski definition) is 3. The average molecular weight is 362 g/mol. The summed E-state index contributed by atoms with van der Waals surface area (Å²) < 4.78 is 15.1. The van der Waals surface area contributed by atoms with Gasteiger partial charge in [-0.05, 0) is 24.6 Å². The molecule has 0 aliphatic carbocycles. The van der Waals surface area contributed by atoms with Crippen LogP contribution in [0.1, 0.15) is 6.42 Å². The number of benzene rings is 2. The number of carbonyl (C=O) groups is 1. The van der Waals surface area contributed by atoms with Gasteiger partial charge in [0.2, 0.25) is 0 Å². The van der Waals surface area contributed by atoms with E-state index in [1.54, 1.807) is 29.2 Å². The Morgan fingerprint density at radius 1 is 1.04 bits per heavy atom. The van der Waals surface area contributed by atoms with Crippen LogP contribution in [-0.2, 0) is 0 Å². The van der Waals surface area contributed by atoms with E-state index in [1.165, 1.54) is 6.07 Å². The molecule has 2 aromatic carbocycles. The lowest BCUT2D eigenvalue weighted by molar-refractivity contribution is 0.190. The molecule has 5 rings (SSSR count). The van der Waals surface area contributed by atoms with Gasteiger partial charge in [-0.25, -0.2) is 14.2 Å². The van der Waals surface area contributed by atoms with Crippen LogP contribution in [-0.4, -0.2) is 45.7 Å². The van der Waals surface area contributed by atoms with E-state index in [4.69, 9.17) is 0 Å². The zero-order valence-corrected chi connectivity index (χ0v) is 14.7. The van der Waals surface area contributed by atoms with Crippen LogP contribution in [0.25, 0.3) is 11.3 Å². The fourth-order valence-corrected chi connectivity index (χ4v) is 4.21. The molecule has 0 N–H and O–H groups in total. The van der Waals surface area contributed by atoms with Crippen molar-refractivity contribution in [2.45, 2.75) is 18.5 Å². The number of rotatable bonds is 2. The largest absolute Gasteiger partial charge is 0.365 e. The summed E-state index contributed by atoms with van der Waals surface area (Å²) in [6.45, 7) is 1.39. The van der Waals surface area contributed by atoms with Gasteiger partial charge < -0.3 is 9.80 Å². The molecule has 2 aliphatic heterocycles. The molecule has 2 fully saturated rings. The highest BCUT2D eigenvalue weighted by Gasteiger charge is 2.45. The van der Waals surface area contributed by atoms with Crippen molar-refractivity contribution in [2.24, 2.45) is 0 Å². The lowest BCUT2D eigenvalue weighted by Gasteiger charge is -2.35. The summed E-state index contributed by atoms with van der Waals surface area (Å²) in [5, 5.41) is 0. The summed E-state index contributed by atoms with van der Waals surface area (Å²) in [5.74, 6) is -0.227.